The van der Waals surface area contributed by atoms with E-state index in [1.165, 1.54) is 22.3 Å². The molecular formula is C19H28. The Balaban J connectivity index is 0.000000741. The second-order valence-electron chi connectivity index (χ2n) is 3.92. The van der Waals surface area contributed by atoms with Gasteiger partial charge < -0.3 is 0 Å². The topological polar surface area (TPSA) is 0 Å². The molecule has 0 spiro atoms. The van der Waals surface area contributed by atoms with Crippen LogP contribution in [0.25, 0.3) is 11.1 Å². The van der Waals surface area contributed by atoms with Gasteiger partial charge in [-0.15, -0.1) is 0 Å². The lowest BCUT2D eigenvalue weighted by molar-refractivity contribution is 1.14. The maximum atomic E-state index is 2.20. The third-order valence-corrected chi connectivity index (χ3v) is 2.75. The van der Waals surface area contributed by atoms with Gasteiger partial charge >= 0.3 is 0 Å². The van der Waals surface area contributed by atoms with Crippen LogP contribution >= 0.6 is 0 Å². The predicted molar refractivity (Wildman–Crippen MR) is 88.7 cm³/mol. The van der Waals surface area contributed by atoms with Crippen molar-refractivity contribution in [3.8, 4) is 11.1 Å². The minimum absolute atomic E-state index is 1.11. The monoisotopic (exact) mass is 256 g/mol. The molecule has 104 valence electrons. The molecule has 0 heteroatoms. The lowest BCUT2D eigenvalue weighted by Gasteiger charge is -2.03. The molecule has 0 atom stereocenters. The molecule has 2 rings (SSSR count). The Morgan fingerprint density at radius 2 is 1.00 bits per heavy atom. The summed E-state index contributed by atoms with van der Waals surface area (Å²) in [7, 11) is 0. The fourth-order valence-electron chi connectivity index (χ4n) is 1.68. The highest BCUT2D eigenvalue weighted by Crippen LogP contribution is 2.20. The van der Waals surface area contributed by atoms with Gasteiger partial charge in [-0.2, -0.15) is 0 Å². The Hall–Kier alpha value is -1.56. The maximum absolute atomic E-state index is 2.20. The SMILES string of the molecule is CC.CC.CCc1ccc(-c2ccc(C)cc2)cc1. The van der Waals surface area contributed by atoms with Gasteiger partial charge in [0.1, 0.15) is 0 Å². The van der Waals surface area contributed by atoms with Gasteiger partial charge in [0, 0.05) is 0 Å². The first-order valence-corrected chi connectivity index (χ1v) is 7.45. The fourth-order valence-corrected chi connectivity index (χ4v) is 1.68. The normalized spacial score (nSPS) is 8.74. The number of hydrogen-bond acceptors (Lipinski definition) is 0. The molecule has 0 nitrogen and oxygen atoms in total. The van der Waals surface area contributed by atoms with Crippen LogP contribution in [0.1, 0.15) is 45.7 Å². The second kappa shape index (κ2) is 10.4. The van der Waals surface area contributed by atoms with Crippen molar-refractivity contribution in [3.05, 3.63) is 59.7 Å². The van der Waals surface area contributed by atoms with Gasteiger partial charge in [0.15, 0.2) is 0 Å². The molecule has 0 N–H and O–H groups in total. The van der Waals surface area contributed by atoms with Crippen molar-refractivity contribution in [2.75, 3.05) is 0 Å². The molecule has 0 fully saturated rings. The Morgan fingerprint density at radius 1 is 0.632 bits per heavy atom. The summed E-state index contributed by atoms with van der Waals surface area (Å²) in [5.74, 6) is 0. The Bertz CT molecular complexity index is 421. The molecule has 0 amide bonds. The van der Waals surface area contributed by atoms with Crippen molar-refractivity contribution in [3.63, 3.8) is 0 Å². The van der Waals surface area contributed by atoms with E-state index in [4.69, 9.17) is 0 Å². The van der Waals surface area contributed by atoms with Crippen LogP contribution < -0.4 is 0 Å². The number of aryl methyl sites for hydroxylation is 2. The Morgan fingerprint density at radius 3 is 1.37 bits per heavy atom. The maximum Gasteiger partial charge on any atom is -0.0184 e. The van der Waals surface area contributed by atoms with Crippen LogP contribution in [0.5, 0.6) is 0 Å². The zero-order chi connectivity index (χ0) is 14.7. The van der Waals surface area contributed by atoms with E-state index in [0.29, 0.717) is 0 Å². The van der Waals surface area contributed by atoms with Gasteiger partial charge in [-0.05, 0) is 30.0 Å². The van der Waals surface area contributed by atoms with Crippen molar-refractivity contribution in [2.45, 2.75) is 48.0 Å². The number of benzene rings is 2. The molecule has 0 saturated carbocycles. The van der Waals surface area contributed by atoms with Crippen molar-refractivity contribution < 1.29 is 0 Å². The molecule has 2 aromatic rings. The average Bonchev–Trinajstić information content (AvgIpc) is 2.52. The molecule has 0 radical (unpaired) electrons. The van der Waals surface area contributed by atoms with Gasteiger partial charge in [-0.1, -0.05) is 88.7 Å². The van der Waals surface area contributed by atoms with Gasteiger partial charge in [-0.3, -0.25) is 0 Å². The molecule has 0 saturated heterocycles. The smallest absolute Gasteiger partial charge is 0.0184 e. The van der Waals surface area contributed by atoms with Crippen LogP contribution in [-0.2, 0) is 6.42 Å². The van der Waals surface area contributed by atoms with E-state index in [0.717, 1.165) is 6.42 Å². The van der Waals surface area contributed by atoms with Crippen LogP contribution in [0.2, 0.25) is 0 Å². The molecule has 0 heterocycles. The third kappa shape index (κ3) is 5.74. The van der Waals surface area contributed by atoms with Crippen molar-refractivity contribution in [1.29, 1.82) is 0 Å². The molecule has 0 aliphatic carbocycles. The Labute approximate surface area is 119 Å². The molecular weight excluding hydrogens is 228 g/mol. The van der Waals surface area contributed by atoms with Gasteiger partial charge in [-0.25, -0.2) is 0 Å². The standard InChI is InChI=1S/C15H16.2C2H6/c1-3-13-6-10-15(11-7-13)14-8-4-12(2)5-9-14;2*1-2/h4-11H,3H2,1-2H3;2*1-2H3. The van der Waals surface area contributed by atoms with E-state index in [-0.39, 0.29) is 0 Å². The summed E-state index contributed by atoms with van der Waals surface area (Å²) >= 11 is 0. The summed E-state index contributed by atoms with van der Waals surface area (Å²) in [5.41, 5.74) is 5.30. The van der Waals surface area contributed by atoms with Crippen molar-refractivity contribution in [1.82, 2.24) is 0 Å². The Kier molecular flexibility index (Phi) is 9.52. The summed E-state index contributed by atoms with van der Waals surface area (Å²) in [5, 5.41) is 0. The molecule has 0 aromatic heterocycles. The highest BCUT2D eigenvalue weighted by Gasteiger charge is 1.96. The minimum Gasteiger partial charge on any atom is -0.0683 e. The minimum atomic E-state index is 1.11. The highest BCUT2D eigenvalue weighted by atomic mass is 14.0. The fraction of sp³-hybridized carbons (Fsp3) is 0.368. The summed E-state index contributed by atoms with van der Waals surface area (Å²) in [6.45, 7) is 12.3. The lowest BCUT2D eigenvalue weighted by Crippen LogP contribution is -1.81. The number of hydrogen-bond donors (Lipinski definition) is 0. The molecule has 19 heavy (non-hydrogen) atoms. The lowest BCUT2D eigenvalue weighted by atomic mass is 10.0. The summed E-state index contributed by atoms with van der Waals surface area (Å²) in [6.07, 6.45) is 1.11. The van der Waals surface area contributed by atoms with Crippen LogP contribution in [0.4, 0.5) is 0 Å². The molecule has 2 aromatic carbocycles. The average molecular weight is 256 g/mol. The third-order valence-electron chi connectivity index (χ3n) is 2.75. The van der Waals surface area contributed by atoms with Crippen LogP contribution in [0, 0.1) is 6.92 Å². The predicted octanol–water partition coefficient (Wildman–Crippen LogP) is 6.28. The van der Waals surface area contributed by atoms with E-state index >= 15 is 0 Å². The number of rotatable bonds is 2. The summed E-state index contributed by atoms with van der Waals surface area (Å²) in [6, 6.07) is 17.5. The molecule has 0 aliphatic rings. The van der Waals surface area contributed by atoms with E-state index < -0.39 is 0 Å². The van der Waals surface area contributed by atoms with Crippen LogP contribution in [-0.4, -0.2) is 0 Å². The largest absolute Gasteiger partial charge is 0.0683 e. The van der Waals surface area contributed by atoms with E-state index in [1.807, 2.05) is 27.7 Å². The first kappa shape index (κ1) is 17.4. The molecule has 0 aliphatic heterocycles. The van der Waals surface area contributed by atoms with Crippen LogP contribution in [0.3, 0.4) is 0 Å². The first-order valence-electron chi connectivity index (χ1n) is 7.45. The summed E-state index contributed by atoms with van der Waals surface area (Å²) in [4.78, 5) is 0. The highest BCUT2D eigenvalue weighted by molar-refractivity contribution is 5.63. The zero-order valence-electron chi connectivity index (χ0n) is 13.3. The molecule has 0 unspecified atom stereocenters. The van der Waals surface area contributed by atoms with E-state index in [1.54, 1.807) is 0 Å². The van der Waals surface area contributed by atoms with Gasteiger partial charge in [0.2, 0.25) is 0 Å². The quantitative estimate of drug-likeness (QED) is 0.593. The van der Waals surface area contributed by atoms with Gasteiger partial charge in [0.25, 0.3) is 0 Å². The summed E-state index contributed by atoms with van der Waals surface area (Å²) < 4.78 is 0. The van der Waals surface area contributed by atoms with Gasteiger partial charge in [0.05, 0.1) is 0 Å². The van der Waals surface area contributed by atoms with Crippen molar-refractivity contribution in [2.24, 2.45) is 0 Å². The van der Waals surface area contributed by atoms with Crippen molar-refractivity contribution >= 4 is 0 Å². The zero-order valence-corrected chi connectivity index (χ0v) is 13.3. The van der Waals surface area contributed by atoms with E-state index in [2.05, 4.69) is 62.4 Å². The molecule has 0 bridgehead atoms. The first-order chi connectivity index (χ1) is 9.29. The van der Waals surface area contributed by atoms with E-state index in [9.17, 15) is 0 Å². The van der Waals surface area contributed by atoms with Crippen LogP contribution in [0.15, 0.2) is 48.5 Å². The second-order valence-corrected chi connectivity index (χ2v) is 3.92.